The highest BCUT2D eigenvalue weighted by atomic mass is 16.4. The molecule has 2 N–H and O–H groups in total. The Kier molecular flexibility index (Phi) is 3.27. The average Bonchev–Trinajstić information content (AvgIpc) is 2.95. The molecule has 2 fully saturated rings. The van der Waals surface area contributed by atoms with Crippen molar-refractivity contribution in [3.8, 4) is 0 Å². The zero-order valence-electron chi connectivity index (χ0n) is 9.19. The maximum atomic E-state index is 11.5. The van der Waals surface area contributed by atoms with Crippen molar-refractivity contribution in [2.75, 3.05) is 0 Å². The largest absolute Gasteiger partial charge is 0.481 e. The minimum absolute atomic E-state index is 0.148. The molecule has 0 saturated heterocycles. The molecule has 2 rings (SSSR count). The predicted octanol–water partition coefficient (Wildman–Crippen LogP) is 1.32. The third-order valence-corrected chi connectivity index (χ3v) is 3.30. The van der Waals surface area contributed by atoms with Gasteiger partial charge in [-0.15, -0.1) is 0 Å². The molecule has 0 radical (unpaired) electrons. The molecule has 2 atom stereocenters. The van der Waals surface area contributed by atoms with Crippen LogP contribution in [0.5, 0.6) is 0 Å². The van der Waals surface area contributed by atoms with Crippen molar-refractivity contribution >= 4 is 11.9 Å². The SMILES string of the molecule is O=C(/C=C/C1CC1)NC1CCCC1C(=O)O. The van der Waals surface area contributed by atoms with Crippen LogP contribution in [-0.2, 0) is 9.59 Å². The Morgan fingerprint density at radius 2 is 1.94 bits per heavy atom. The number of carboxylic acid groups (broad SMARTS) is 1. The van der Waals surface area contributed by atoms with Crippen LogP contribution in [0.15, 0.2) is 12.2 Å². The van der Waals surface area contributed by atoms with Gasteiger partial charge in [0.15, 0.2) is 0 Å². The predicted molar refractivity (Wildman–Crippen MR) is 58.8 cm³/mol. The molecule has 0 aliphatic heterocycles. The van der Waals surface area contributed by atoms with E-state index >= 15 is 0 Å². The number of allylic oxidation sites excluding steroid dienone is 1. The Morgan fingerprint density at radius 3 is 2.56 bits per heavy atom. The summed E-state index contributed by atoms with van der Waals surface area (Å²) >= 11 is 0. The van der Waals surface area contributed by atoms with E-state index in [9.17, 15) is 9.59 Å². The normalized spacial score (nSPS) is 29.5. The lowest BCUT2D eigenvalue weighted by molar-refractivity contribution is -0.142. The number of carboxylic acids is 1. The van der Waals surface area contributed by atoms with Gasteiger partial charge in [-0.25, -0.2) is 0 Å². The van der Waals surface area contributed by atoms with Gasteiger partial charge in [0.2, 0.25) is 5.91 Å². The summed E-state index contributed by atoms with van der Waals surface area (Å²) in [5.74, 6) is -0.776. The first-order chi connectivity index (χ1) is 7.66. The van der Waals surface area contributed by atoms with Crippen molar-refractivity contribution in [3.63, 3.8) is 0 Å². The van der Waals surface area contributed by atoms with Crippen LogP contribution in [0, 0.1) is 11.8 Å². The Morgan fingerprint density at radius 1 is 1.19 bits per heavy atom. The fraction of sp³-hybridized carbons (Fsp3) is 0.667. The van der Waals surface area contributed by atoms with Crippen LogP contribution in [0.2, 0.25) is 0 Å². The van der Waals surface area contributed by atoms with Gasteiger partial charge in [-0.2, -0.15) is 0 Å². The van der Waals surface area contributed by atoms with Gasteiger partial charge in [-0.1, -0.05) is 12.5 Å². The fourth-order valence-electron chi connectivity index (χ4n) is 2.17. The Balaban J connectivity index is 1.83. The average molecular weight is 223 g/mol. The van der Waals surface area contributed by atoms with Crippen molar-refractivity contribution in [1.82, 2.24) is 5.32 Å². The summed E-state index contributed by atoms with van der Waals surface area (Å²) < 4.78 is 0. The summed E-state index contributed by atoms with van der Waals surface area (Å²) in [4.78, 5) is 22.4. The van der Waals surface area contributed by atoms with E-state index in [0.717, 1.165) is 12.8 Å². The van der Waals surface area contributed by atoms with Crippen LogP contribution in [0.1, 0.15) is 32.1 Å². The van der Waals surface area contributed by atoms with Gasteiger partial charge in [-0.3, -0.25) is 9.59 Å². The lowest BCUT2D eigenvalue weighted by atomic mass is 10.0. The molecule has 16 heavy (non-hydrogen) atoms. The van der Waals surface area contributed by atoms with E-state index in [-0.39, 0.29) is 11.9 Å². The van der Waals surface area contributed by atoms with Gasteiger partial charge in [-0.05, 0) is 37.7 Å². The molecule has 1 amide bonds. The second kappa shape index (κ2) is 4.68. The molecule has 0 aromatic carbocycles. The molecular formula is C12H17NO3. The summed E-state index contributed by atoms with van der Waals surface area (Å²) in [5, 5.41) is 11.7. The molecule has 0 heterocycles. The van der Waals surface area contributed by atoms with Crippen molar-refractivity contribution in [1.29, 1.82) is 0 Å². The summed E-state index contributed by atoms with van der Waals surface area (Å²) in [6, 6.07) is -0.186. The Bertz CT molecular complexity index is 320. The fourth-order valence-corrected chi connectivity index (χ4v) is 2.17. The molecular weight excluding hydrogens is 206 g/mol. The minimum Gasteiger partial charge on any atom is -0.481 e. The van der Waals surface area contributed by atoms with Crippen molar-refractivity contribution < 1.29 is 14.7 Å². The molecule has 2 unspecified atom stereocenters. The van der Waals surface area contributed by atoms with E-state index in [1.807, 2.05) is 6.08 Å². The van der Waals surface area contributed by atoms with Crippen LogP contribution in [0.25, 0.3) is 0 Å². The third kappa shape index (κ3) is 2.84. The second-order valence-electron chi connectivity index (χ2n) is 4.69. The molecule has 88 valence electrons. The smallest absolute Gasteiger partial charge is 0.308 e. The maximum Gasteiger partial charge on any atom is 0.308 e. The number of aliphatic carboxylic acids is 1. The van der Waals surface area contributed by atoms with E-state index in [1.165, 1.54) is 12.8 Å². The first-order valence-electron chi connectivity index (χ1n) is 5.88. The van der Waals surface area contributed by atoms with Crippen LogP contribution >= 0.6 is 0 Å². The zero-order valence-corrected chi connectivity index (χ0v) is 9.19. The van der Waals surface area contributed by atoms with Crippen molar-refractivity contribution in [2.24, 2.45) is 11.8 Å². The number of carbonyl (C=O) groups is 2. The monoisotopic (exact) mass is 223 g/mol. The number of rotatable bonds is 4. The van der Waals surface area contributed by atoms with Gasteiger partial charge >= 0.3 is 5.97 Å². The van der Waals surface area contributed by atoms with E-state index in [4.69, 9.17) is 5.11 Å². The molecule has 4 heteroatoms. The summed E-state index contributed by atoms with van der Waals surface area (Å²) in [6.07, 6.45) is 8.14. The second-order valence-corrected chi connectivity index (χ2v) is 4.69. The highest BCUT2D eigenvalue weighted by molar-refractivity contribution is 5.88. The summed E-state index contributed by atoms with van der Waals surface area (Å²) in [6.45, 7) is 0. The summed E-state index contributed by atoms with van der Waals surface area (Å²) in [7, 11) is 0. The highest BCUT2D eigenvalue weighted by Crippen LogP contribution is 2.30. The lowest BCUT2D eigenvalue weighted by Gasteiger charge is -2.16. The van der Waals surface area contributed by atoms with Gasteiger partial charge in [0.1, 0.15) is 0 Å². The molecule has 2 aliphatic rings. The van der Waals surface area contributed by atoms with Crippen LogP contribution in [0.4, 0.5) is 0 Å². The number of carbonyl (C=O) groups excluding carboxylic acids is 1. The number of hydrogen-bond acceptors (Lipinski definition) is 2. The zero-order chi connectivity index (χ0) is 11.5. The first kappa shape index (κ1) is 11.2. The first-order valence-corrected chi connectivity index (χ1v) is 5.88. The molecule has 0 spiro atoms. The van der Waals surface area contributed by atoms with Gasteiger partial charge in [0, 0.05) is 6.04 Å². The maximum absolute atomic E-state index is 11.5. The molecule has 0 aromatic rings. The molecule has 0 aromatic heterocycles. The van der Waals surface area contributed by atoms with E-state index in [0.29, 0.717) is 12.3 Å². The van der Waals surface area contributed by atoms with Crippen molar-refractivity contribution in [2.45, 2.75) is 38.1 Å². The standard InChI is InChI=1S/C12H17NO3/c14-11(7-6-8-4-5-8)13-10-3-1-2-9(10)12(15)16/h6-10H,1-5H2,(H,13,14)(H,15,16)/b7-6+. The molecule has 0 bridgehead atoms. The molecule has 2 saturated carbocycles. The number of hydrogen-bond donors (Lipinski definition) is 2. The van der Waals surface area contributed by atoms with Crippen LogP contribution in [0.3, 0.4) is 0 Å². The number of nitrogens with one attached hydrogen (secondary N) is 1. The van der Waals surface area contributed by atoms with Crippen molar-refractivity contribution in [3.05, 3.63) is 12.2 Å². The van der Waals surface area contributed by atoms with E-state index < -0.39 is 11.9 Å². The topological polar surface area (TPSA) is 66.4 Å². The lowest BCUT2D eigenvalue weighted by Crippen LogP contribution is -2.39. The Hall–Kier alpha value is -1.32. The summed E-state index contributed by atoms with van der Waals surface area (Å²) in [5.41, 5.74) is 0. The quantitative estimate of drug-likeness (QED) is 0.706. The molecule has 4 nitrogen and oxygen atoms in total. The van der Waals surface area contributed by atoms with Crippen LogP contribution < -0.4 is 5.32 Å². The van der Waals surface area contributed by atoms with E-state index in [1.54, 1.807) is 6.08 Å². The van der Waals surface area contributed by atoms with Gasteiger partial charge in [0.05, 0.1) is 5.92 Å². The molecule has 2 aliphatic carbocycles. The number of amides is 1. The Labute approximate surface area is 94.7 Å². The van der Waals surface area contributed by atoms with Gasteiger partial charge in [0.25, 0.3) is 0 Å². The highest BCUT2D eigenvalue weighted by Gasteiger charge is 2.33. The van der Waals surface area contributed by atoms with Crippen LogP contribution in [-0.4, -0.2) is 23.0 Å². The van der Waals surface area contributed by atoms with E-state index in [2.05, 4.69) is 5.32 Å². The third-order valence-electron chi connectivity index (χ3n) is 3.30. The van der Waals surface area contributed by atoms with Gasteiger partial charge < -0.3 is 10.4 Å². The minimum atomic E-state index is -0.797.